The highest BCUT2D eigenvalue weighted by Gasteiger charge is 2.44. The van der Waals surface area contributed by atoms with Crippen LogP contribution in [0.1, 0.15) is 60.5 Å². The molecule has 0 aromatic heterocycles. The Kier molecular flexibility index (Phi) is 10.4. The third-order valence-electron chi connectivity index (χ3n) is 7.18. The minimum absolute atomic E-state index is 0.107. The summed E-state index contributed by atoms with van der Waals surface area (Å²) in [6, 6.07) is 7.94. The van der Waals surface area contributed by atoms with Crippen molar-refractivity contribution in [3.63, 3.8) is 0 Å². The van der Waals surface area contributed by atoms with Crippen LogP contribution in [0.15, 0.2) is 49.1 Å². The Labute approximate surface area is 215 Å². The fraction of sp³-hybridized carbons (Fsp3) is 0.655. The van der Waals surface area contributed by atoms with Crippen LogP contribution in [0.2, 0.25) is 18.1 Å². The fourth-order valence-corrected chi connectivity index (χ4v) is 5.35. The largest absolute Gasteiger partial charge is 0.497 e. The molecule has 1 fully saturated rings. The Bertz CT molecular complexity index is 824. The summed E-state index contributed by atoms with van der Waals surface area (Å²) in [7, 11) is -0.183. The maximum atomic E-state index is 6.63. The van der Waals surface area contributed by atoms with Gasteiger partial charge in [0.25, 0.3) is 0 Å². The van der Waals surface area contributed by atoms with Gasteiger partial charge in [0.2, 0.25) is 0 Å². The van der Waals surface area contributed by atoms with Gasteiger partial charge in [0.1, 0.15) is 18.0 Å². The molecule has 1 aliphatic heterocycles. The van der Waals surface area contributed by atoms with Crippen LogP contribution in [-0.2, 0) is 25.2 Å². The molecule has 0 N–H and O–H groups in total. The summed E-state index contributed by atoms with van der Waals surface area (Å²) >= 11 is 0. The quantitative estimate of drug-likeness (QED) is 0.221. The van der Waals surface area contributed by atoms with Crippen molar-refractivity contribution in [1.29, 1.82) is 0 Å². The van der Waals surface area contributed by atoms with Crippen LogP contribution in [0, 0.1) is 5.92 Å². The molecule has 0 bridgehead atoms. The molecule has 6 heteroatoms. The van der Waals surface area contributed by atoms with Gasteiger partial charge < -0.3 is 23.4 Å². The van der Waals surface area contributed by atoms with Crippen molar-refractivity contribution in [2.45, 2.75) is 110 Å². The summed E-state index contributed by atoms with van der Waals surface area (Å²) in [5, 5.41) is 0.174. The van der Waals surface area contributed by atoms with Gasteiger partial charge in [-0.3, -0.25) is 0 Å². The first-order valence-electron chi connectivity index (χ1n) is 12.8. The predicted molar refractivity (Wildman–Crippen MR) is 146 cm³/mol. The molecule has 1 heterocycles. The number of methoxy groups -OCH3 is 1. The average molecular weight is 505 g/mol. The van der Waals surface area contributed by atoms with E-state index in [2.05, 4.69) is 66.4 Å². The van der Waals surface area contributed by atoms with Gasteiger partial charge in [0, 0.05) is 6.10 Å². The van der Waals surface area contributed by atoms with E-state index in [0.717, 1.165) is 11.3 Å². The molecule has 0 saturated carbocycles. The van der Waals surface area contributed by atoms with E-state index in [1.807, 2.05) is 44.2 Å². The monoisotopic (exact) mass is 504 g/mol. The van der Waals surface area contributed by atoms with E-state index in [9.17, 15) is 0 Å². The highest BCUT2D eigenvalue weighted by Crippen LogP contribution is 2.38. The van der Waals surface area contributed by atoms with E-state index in [-0.39, 0.29) is 35.4 Å². The third-order valence-corrected chi connectivity index (χ3v) is 11.8. The summed E-state index contributed by atoms with van der Waals surface area (Å²) in [6.07, 6.45) is 6.39. The van der Waals surface area contributed by atoms with Gasteiger partial charge in [-0.2, -0.15) is 0 Å². The molecule has 0 spiro atoms. The van der Waals surface area contributed by atoms with E-state index in [4.69, 9.17) is 23.4 Å². The van der Waals surface area contributed by atoms with Gasteiger partial charge in [-0.15, -0.1) is 6.58 Å². The summed E-state index contributed by atoms with van der Waals surface area (Å²) in [6.45, 7) is 24.1. The number of benzene rings is 1. The molecule has 1 aromatic carbocycles. The maximum Gasteiger partial charge on any atom is 0.192 e. The van der Waals surface area contributed by atoms with Gasteiger partial charge in [-0.05, 0) is 68.9 Å². The van der Waals surface area contributed by atoms with Gasteiger partial charge in [-0.1, -0.05) is 58.1 Å². The SMILES string of the molecule is C=CC[C@@H]1OC(C)(C)O[C@@H]1[C@@H](/C=C\[C@@H](C)[C@H](C)O[Si](C)(C)C(C)(C)C)OCc1ccc(OC)cc1. The smallest absolute Gasteiger partial charge is 0.192 e. The predicted octanol–water partition coefficient (Wildman–Crippen LogP) is 7.28. The third kappa shape index (κ3) is 8.57. The maximum absolute atomic E-state index is 6.63. The number of ether oxygens (including phenoxy) is 4. The summed E-state index contributed by atoms with van der Waals surface area (Å²) < 4.78 is 30.9. The van der Waals surface area contributed by atoms with Crippen molar-refractivity contribution in [3.8, 4) is 5.75 Å². The number of rotatable bonds is 12. The molecule has 198 valence electrons. The zero-order valence-electron chi connectivity index (χ0n) is 23.6. The molecule has 0 unspecified atom stereocenters. The fourth-order valence-electron chi connectivity index (χ4n) is 3.85. The molecule has 2 rings (SSSR count). The van der Waals surface area contributed by atoms with Crippen LogP contribution >= 0.6 is 0 Å². The first-order chi connectivity index (χ1) is 16.2. The molecule has 35 heavy (non-hydrogen) atoms. The lowest BCUT2D eigenvalue weighted by Gasteiger charge is -2.39. The van der Waals surface area contributed by atoms with Gasteiger partial charge >= 0.3 is 0 Å². The molecule has 1 aliphatic rings. The molecular weight excluding hydrogens is 456 g/mol. The van der Waals surface area contributed by atoms with Crippen LogP contribution in [0.25, 0.3) is 0 Å². The van der Waals surface area contributed by atoms with Crippen LogP contribution in [0.5, 0.6) is 5.75 Å². The minimum Gasteiger partial charge on any atom is -0.497 e. The highest BCUT2D eigenvalue weighted by molar-refractivity contribution is 6.74. The van der Waals surface area contributed by atoms with Gasteiger partial charge in [-0.25, -0.2) is 0 Å². The Morgan fingerprint density at radius 3 is 2.26 bits per heavy atom. The van der Waals surface area contributed by atoms with Crippen LogP contribution in [0.4, 0.5) is 0 Å². The van der Waals surface area contributed by atoms with Gasteiger partial charge in [0.15, 0.2) is 14.1 Å². The second-order valence-electron chi connectivity index (χ2n) is 11.6. The average Bonchev–Trinajstić information content (AvgIpc) is 3.07. The Morgan fingerprint density at radius 1 is 1.09 bits per heavy atom. The number of hydrogen-bond donors (Lipinski definition) is 0. The zero-order chi connectivity index (χ0) is 26.4. The molecule has 5 atom stereocenters. The highest BCUT2D eigenvalue weighted by atomic mass is 28.4. The second-order valence-corrected chi connectivity index (χ2v) is 16.4. The van der Waals surface area contributed by atoms with Crippen LogP contribution < -0.4 is 4.74 Å². The summed E-state index contributed by atoms with van der Waals surface area (Å²) in [5.41, 5.74) is 1.07. The Hall–Kier alpha value is -1.44. The van der Waals surface area contributed by atoms with Crippen LogP contribution in [0.3, 0.4) is 0 Å². The van der Waals surface area contributed by atoms with Crippen molar-refractivity contribution >= 4 is 8.32 Å². The van der Waals surface area contributed by atoms with E-state index in [1.165, 1.54) is 0 Å². The molecule has 1 aromatic rings. The molecule has 0 aliphatic carbocycles. The van der Waals surface area contributed by atoms with E-state index >= 15 is 0 Å². The lowest BCUT2D eigenvalue weighted by molar-refractivity contribution is -0.156. The van der Waals surface area contributed by atoms with Crippen molar-refractivity contribution in [1.82, 2.24) is 0 Å². The van der Waals surface area contributed by atoms with Crippen molar-refractivity contribution in [2.75, 3.05) is 7.11 Å². The molecule has 1 saturated heterocycles. The first kappa shape index (κ1) is 29.8. The van der Waals surface area contributed by atoms with E-state index < -0.39 is 14.1 Å². The molecule has 0 radical (unpaired) electrons. The Balaban J connectivity index is 2.20. The van der Waals surface area contributed by atoms with E-state index in [0.29, 0.717) is 13.0 Å². The lowest BCUT2D eigenvalue weighted by atomic mass is 10.0. The molecule has 0 amide bonds. The minimum atomic E-state index is -1.85. The lowest BCUT2D eigenvalue weighted by Crippen LogP contribution is -2.44. The topological polar surface area (TPSA) is 46.2 Å². The van der Waals surface area contributed by atoms with Gasteiger partial charge in [0.05, 0.1) is 19.8 Å². The van der Waals surface area contributed by atoms with Crippen molar-refractivity contribution in [2.24, 2.45) is 5.92 Å². The summed E-state index contributed by atoms with van der Waals surface area (Å²) in [5.74, 6) is 0.387. The Morgan fingerprint density at radius 2 is 1.71 bits per heavy atom. The summed E-state index contributed by atoms with van der Waals surface area (Å²) in [4.78, 5) is 0. The standard InChI is InChI=1S/C29H48O5Si/c1-12-13-26-27(33-29(7,8)32-26)25(31-20-23-15-17-24(30-9)18-16-23)19-14-21(2)22(3)34-35(10,11)28(4,5)6/h12,14-19,21-22,25-27H,1,13,20H2,2-11H3/b19-14-/t21-,22+,25-,26+,27-/m1/s1. The van der Waals surface area contributed by atoms with Crippen molar-refractivity contribution < 1.29 is 23.4 Å². The normalized spacial score (nSPS) is 23.3. The second kappa shape index (κ2) is 12.2. The van der Waals surface area contributed by atoms with Crippen molar-refractivity contribution in [3.05, 3.63) is 54.6 Å². The van der Waals surface area contributed by atoms with Crippen LogP contribution in [-0.4, -0.2) is 45.6 Å². The van der Waals surface area contributed by atoms with E-state index in [1.54, 1.807) is 7.11 Å². The zero-order valence-corrected chi connectivity index (χ0v) is 24.6. The first-order valence-corrected chi connectivity index (χ1v) is 15.7. The molecule has 5 nitrogen and oxygen atoms in total. The number of hydrogen-bond acceptors (Lipinski definition) is 5. The molecular formula is C29H48O5Si.